The summed E-state index contributed by atoms with van der Waals surface area (Å²) in [5.74, 6) is 2.02. The molecule has 0 rings (SSSR count). The van der Waals surface area contributed by atoms with Crippen LogP contribution in [0.2, 0.25) is 0 Å². The summed E-state index contributed by atoms with van der Waals surface area (Å²) in [4.78, 5) is 0. The van der Waals surface area contributed by atoms with Gasteiger partial charge in [-0.15, -0.1) is 6.42 Å². The molecule has 0 saturated carbocycles. The third-order valence-electron chi connectivity index (χ3n) is 0.356. The second-order valence-corrected chi connectivity index (χ2v) is 2.81. The lowest BCUT2D eigenvalue weighted by molar-refractivity contribution is 0.368. The molecule has 0 aromatic carbocycles. The van der Waals surface area contributed by atoms with Crippen molar-refractivity contribution in [1.29, 1.82) is 0 Å². The van der Waals surface area contributed by atoms with Crippen LogP contribution in [0.4, 0.5) is 0 Å². The van der Waals surface area contributed by atoms with Gasteiger partial charge in [-0.2, -0.15) is 8.42 Å². The molecule has 0 unspecified atom stereocenters. The van der Waals surface area contributed by atoms with Gasteiger partial charge in [0.15, 0.2) is 0 Å². The van der Waals surface area contributed by atoms with E-state index in [0.29, 0.717) is 0 Å². The molecular weight excluding hydrogens is 128 g/mol. The average Bonchev–Trinajstić information content (AvgIpc) is 1.59. The van der Waals surface area contributed by atoms with Crippen LogP contribution in [0, 0.1) is 12.3 Å². The molecule has 0 saturated heterocycles. The van der Waals surface area contributed by atoms with Crippen molar-refractivity contribution in [3.63, 3.8) is 0 Å². The van der Waals surface area contributed by atoms with Gasteiger partial charge in [0.2, 0.25) is 0 Å². The Kier molecular flexibility index (Phi) is 2.52. The fraction of sp³-hybridized carbons (Fsp3) is 0.500. The van der Waals surface area contributed by atoms with Gasteiger partial charge < -0.3 is 0 Å². The topological polar surface area (TPSA) is 43.4 Å². The van der Waals surface area contributed by atoms with Crippen molar-refractivity contribution in [3.8, 4) is 12.3 Å². The number of rotatable bonds is 2. The van der Waals surface area contributed by atoms with Crippen LogP contribution in [0.5, 0.6) is 0 Å². The maximum Gasteiger partial charge on any atom is 0.265 e. The Morgan fingerprint density at radius 3 is 2.38 bits per heavy atom. The van der Waals surface area contributed by atoms with Crippen LogP contribution >= 0.6 is 0 Å². The molecule has 8 heavy (non-hydrogen) atoms. The maximum atomic E-state index is 10.1. The van der Waals surface area contributed by atoms with Gasteiger partial charge in [-0.3, -0.25) is 4.18 Å². The predicted molar refractivity (Wildman–Crippen MR) is 29.6 cm³/mol. The first-order valence-electron chi connectivity index (χ1n) is 1.84. The molecule has 0 aliphatic carbocycles. The first-order valence-corrected chi connectivity index (χ1v) is 3.66. The molecule has 0 aliphatic rings. The van der Waals surface area contributed by atoms with Gasteiger partial charge in [0.25, 0.3) is 10.1 Å². The van der Waals surface area contributed by atoms with Crippen LogP contribution in [0.25, 0.3) is 0 Å². The van der Waals surface area contributed by atoms with Crippen molar-refractivity contribution in [2.24, 2.45) is 0 Å². The van der Waals surface area contributed by atoms with Crippen LogP contribution in [0.15, 0.2) is 0 Å². The van der Waals surface area contributed by atoms with E-state index in [1.54, 1.807) is 0 Å². The van der Waals surface area contributed by atoms with E-state index in [-0.39, 0.29) is 6.61 Å². The quantitative estimate of drug-likeness (QED) is 0.381. The molecule has 0 atom stereocenters. The highest BCUT2D eigenvalue weighted by Gasteiger charge is 1.96. The van der Waals surface area contributed by atoms with Crippen molar-refractivity contribution < 1.29 is 12.6 Å². The molecule has 0 spiro atoms. The van der Waals surface area contributed by atoms with Crippen molar-refractivity contribution >= 4 is 10.1 Å². The van der Waals surface area contributed by atoms with Gasteiger partial charge in [-0.25, -0.2) is 0 Å². The van der Waals surface area contributed by atoms with E-state index in [1.165, 1.54) is 0 Å². The zero-order chi connectivity index (χ0) is 6.62. The Hall–Kier alpha value is -0.530. The molecule has 46 valence electrons. The second-order valence-electron chi connectivity index (χ2n) is 1.17. The van der Waals surface area contributed by atoms with Crippen LogP contribution in [-0.2, 0) is 14.3 Å². The van der Waals surface area contributed by atoms with Gasteiger partial charge in [0.05, 0.1) is 6.26 Å². The van der Waals surface area contributed by atoms with Crippen LogP contribution in [-0.4, -0.2) is 21.3 Å². The monoisotopic (exact) mass is 134 g/mol. The minimum Gasteiger partial charge on any atom is -0.257 e. The largest absolute Gasteiger partial charge is 0.265 e. The summed E-state index contributed by atoms with van der Waals surface area (Å²) in [6, 6.07) is 0. The number of hydrogen-bond donors (Lipinski definition) is 0. The summed E-state index contributed by atoms with van der Waals surface area (Å²) in [7, 11) is -3.33. The summed E-state index contributed by atoms with van der Waals surface area (Å²) < 4.78 is 24.3. The van der Waals surface area contributed by atoms with Gasteiger partial charge in [-0.1, -0.05) is 5.92 Å². The third kappa shape index (κ3) is 5.47. The Labute approximate surface area is 48.8 Å². The molecular formula is C4H6O3S. The summed E-state index contributed by atoms with van der Waals surface area (Å²) in [6.45, 7) is -0.182. The Bertz CT molecular complexity index is 184. The van der Waals surface area contributed by atoms with E-state index >= 15 is 0 Å². The SMILES string of the molecule is C#CCOS(C)(=O)=O. The van der Waals surface area contributed by atoms with Crippen LogP contribution in [0.1, 0.15) is 0 Å². The smallest absolute Gasteiger partial charge is 0.257 e. The van der Waals surface area contributed by atoms with Crippen molar-refractivity contribution in [2.75, 3.05) is 12.9 Å². The Morgan fingerprint density at radius 1 is 1.75 bits per heavy atom. The van der Waals surface area contributed by atoms with Crippen molar-refractivity contribution in [2.45, 2.75) is 0 Å². The first-order chi connectivity index (χ1) is 3.56. The molecule has 0 aromatic heterocycles. The zero-order valence-electron chi connectivity index (χ0n) is 4.42. The lowest BCUT2D eigenvalue weighted by atomic mass is 10.8. The lowest BCUT2D eigenvalue weighted by Crippen LogP contribution is -2.01. The van der Waals surface area contributed by atoms with Crippen molar-refractivity contribution in [3.05, 3.63) is 0 Å². The van der Waals surface area contributed by atoms with Gasteiger partial charge in [-0.05, 0) is 0 Å². The standard InChI is InChI=1S/C4H6O3S/c1-3-4-7-8(2,5)6/h1H,4H2,2H3. The molecule has 0 aromatic rings. The highest BCUT2D eigenvalue weighted by atomic mass is 32.2. The first kappa shape index (κ1) is 7.47. The van der Waals surface area contributed by atoms with Crippen LogP contribution < -0.4 is 0 Å². The van der Waals surface area contributed by atoms with E-state index in [4.69, 9.17) is 6.42 Å². The summed E-state index contributed by atoms with van der Waals surface area (Å²) in [5.41, 5.74) is 0. The highest BCUT2D eigenvalue weighted by Crippen LogP contribution is 1.82. The molecule has 3 nitrogen and oxygen atoms in total. The highest BCUT2D eigenvalue weighted by molar-refractivity contribution is 7.85. The van der Waals surface area contributed by atoms with Crippen molar-refractivity contribution in [1.82, 2.24) is 0 Å². The number of terminal acetylenes is 1. The maximum absolute atomic E-state index is 10.1. The van der Waals surface area contributed by atoms with E-state index in [1.807, 2.05) is 5.92 Å². The van der Waals surface area contributed by atoms with Gasteiger partial charge in [0, 0.05) is 0 Å². The van der Waals surface area contributed by atoms with E-state index in [0.717, 1.165) is 6.26 Å². The fourth-order valence-electron chi connectivity index (χ4n) is 0.141. The lowest BCUT2D eigenvalue weighted by Gasteiger charge is -1.90. The van der Waals surface area contributed by atoms with E-state index in [2.05, 4.69) is 4.18 Å². The molecule has 0 fully saturated rings. The number of hydrogen-bond acceptors (Lipinski definition) is 3. The molecule has 0 bridgehead atoms. The summed E-state index contributed by atoms with van der Waals surface area (Å²) in [5, 5.41) is 0. The molecule has 0 radical (unpaired) electrons. The molecule has 0 N–H and O–H groups in total. The van der Waals surface area contributed by atoms with E-state index < -0.39 is 10.1 Å². The van der Waals surface area contributed by atoms with Crippen LogP contribution in [0.3, 0.4) is 0 Å². The minimum absolute atomic E-state index is 0.182. The predicted octanol–water partition coefficient (Wildman–Crippen LogP) is -0.404. The van der Waals surface area contributed by atoms with Gasteiger partial charge >= 0.3 is 0 Å². The molecule has 4 heteroatoms. The Morgan fingerprint density at radius 2 is 2.25 bits per heavy atom. The molecule has 0 aliphatic heterocycles. The Balaban J connectivity index is 3.63. The molecule has 0 heterocycles. The molecule has 0 amide bonds. The normalized spacial score (nSPS) is 10.5. The summed E-state index contributed by atoms with van der Waals surface area (Å²) in [6.07, 6.45) is 5.64. The second kappa shape index (κ2) is 2.70. The fourth-order valence-corrected chi connectivity index (χ4v) is 0.423. The average molecular weight is 134 g/mol. The third-order valence-corrected chi connectivity index (χ3v) is 0.902. The summed E-state index contributed by atoms with van der Waals surface area (Å²) >= 11 is 0. The minimum atomic E-state index is -3.33. The zero-order valence-corrected chi connectivity index (χ0v) is 5.23. The van der Waals surface area contributed by atoms with Gasteiger partial charge in [0.1, 0.15) is 6.61 Å². The van der Waals surface area contributed by atoms with E-state index in [9.17, 15) is 8.42 Å².